The Morgan fingerprint density at radius 1 is 1.18 bits per heavy atom. The van der Waals surface area contributed by atoms with Crippen molar-refractivity contribution in [2.75, 3.05) is 11.9 Å². The third-order valence-corrected chi connectivity index (χ3v) is 2.43. The lowest BCUT2D eigenvalue weighted by Gasteiger charge is -2.17. The van der Waals surface area contributed by atoms with E-state index in [9.17, 15) is 10.1 Å². The summed E-state index contributed by atoms with van der Waals surface area (Å²) in [5.41, 5.74) is 0.594. The fourth-order valence-corrected chi connectivity index (χ4v) is 1.58. The molecule has 2 rings (SSSR count). The van der Waals surface area contributed by atoms with Crippen LogP contribution in [0.25, 0.3) is 0 Å². The van der Waals surface area contributed by atoms with E-state index in [1.54, 1.807) is 48.5 Å². The number of benzene rings is 1. The minimum absolute atomic E-state index is 0.0700. The molecule has 1 aromatic heterocycles. The summed E-state index contributed by atoms with van der Waals surface area (Å²) in [6.45, 7) is 0. The van der Waals surface area contributed by atoms with Gasteiger partial charge in [0.2, 0.25) is 0 Å². The highest BCUT2D eigenvalue weighted by Gasteiger charge is 2.17. The molecular weight excluding hydrogens is 218 g/mol. The summed E-state index contributed by atoms with van der Waals surface area (Å²) >= 11 is 0. The van der Waals surface area contributed by atoms with Crippen molar-refractivity contribution in [3.8, 4) is 0 Å². The third kappa shape index (κ3) is 2.23. The SMILES string of the molecule is CN(c1ccccn1)c1ccccc1[N+](=O)[O-]. The van der Waals surface area contributed by atoms with Crippen LogP contribution in [0.5, 0.6) is 0 Å². The van der Waals surface area contributed by atoms with Gasteiger partial charge in [0.25, 0.3) is 5.69 Å². The van der Waals surface area contributed by atoms with Crippen LogP contribution in [0.2, 0.25) is 0 Å². The van der Waals surface area contributed by atoms with Crippen LogP contribution >= 0.6 is 0 Å². The molecule has 0 amide bonds. The van der Waals surface area contributed by atoms with E-state index < -0.39 is 4.92 Å². The van der Waals surface area contributed by atoms with Crippen molar-refractivity contribution in [1.29, 1.82) is 0 Å². The highest BCUT2D eigenvalue weighted by Crippen LogP contribution is 2.30. The van der Waals surface area contributed by atoms with E-state index in [1.807, 2.05) is 6.07 Å². The number of nitro groups is 1. The van der Waals surface area contributed by atoms with Crippen LogP contribution < -0.4 is 4.90 Å². The van der Waals surface area contributed by atoms with E-state index >= 15 is 0 Å². The van der Waals surface area contributed by atoms with E-state index in [0.717, 1.165) is 0 Å². The maximum atomic E-state index is 10.9. The molecule has 2 aromatic rings. The zero-order valence-electron chi connectivity index (χ0n) is 9.28. The Balaban J connectivity index is 2.44. The highest BCUT2D eigenvalue weighted by atomic mass is 16.6. The van der Waals surface area contributed by atoms with E-state index in [2.05, 4.69) is 4.98 Å². The zero-order valence-corrected chi connectivity index (χ0v) is 9.28. The molecule has 0 spiro atoms. The van der Waals surface area contributed by atoms with Crippen LogP contribution in [0.15, 0.2) is 48.7 Å². The van der Waals surface area contributed by atoms with Crippen molar-refractivity contribution in [2.24, 2.45) is 0 Å². The second kappa shape index (κ2) is 4.61. The lowest BCUT2D eigenvalue weighted by molar-refractivity contribution is -0.384. The fourth-order valence-electron chi connectivity index (χ4n) is 1.58. The van der Waals surface area contributed by atoms with Crippen molar-refractivity contribution in [3.05, 3.63) is 58.8 Å². The smallest absolute Gasteiger partial charge is 0.292 e. The summed E-state index contributed by atoms with van der Waals surface area (Å²) in [5.74, 6) is 0.668. The van der Waals surface area contributed by atoms with Crippen LogP contribution in [0, 0.1) is 10.1 Å². The van der Waals surface area contributed by atoms with Crippen LogP contribution in [0.1, 0.15) is 0 Å². The third-order valence-electron chi connectivity index (χ3n) is 2.43. The second-order valence-corrected chi connectivity index (χ2v) is 3.49. The predicted molar refractivity (Wildman–Crippen MR) is 65.4 cm³/mol. The van der Waals surface area contributed by atoms with E-state index in [4.69, 9.17) is 0 Å². The molecule has 86 valence electrons. The van der Waals surface area contributed by atoms with Gasteiger partial charge in [-0.05, 0) is 18.2 Å². The number of nitrogens with zero attached hydrogens (tertiary/aromatic N) is 3. The molecule has 17 heavy (non-hydrogen) atoms. The Labute approximate surface area is 98.5 Å². The molecule has 0 aliphatic heterocycles. The summed E-state index contributed by atoms with van der Waals surface area (Å²) in [5, 5.41) is 10.9. The number of aromatic nitrogens is 1. The zero-order chi connectivity index (χ0) is 12.3. The van der Waals surface area contributed by atoms with Crippen molar-refractivity contribution >= 4 is 17.2 Å². The lowest BCUT2D eigenvalue weighted by Crippen LogP contribution is -2.12. The van der Waals surface area contributed by atoms with E-state index in [1.165, 1.54) is 6.07 Å². The quantitative estimate of drug-likeness (QED) is 0.599. The van der Waals surface area contributed by atoms with Crippen LogP contribution in [-0.2, 0) is 0 Å². The maximum absolute atomic E-state index is 10.9. The Morgan fingerprint density at radius 2 is 1.88 bits per heavy atom. The van der Waals surface area contributed by atoms with Gasteiger partial charge < -0.3 is 4.90 Å². The molecule has 0 aliphatic carbocycles. The number of hydrogen-bond acceptors (Lipinski definition) is 4. The highest BCUT2D eigenvalue weighted by molar-refractivity contribution is 5.69. The van der Waals surface area contributed by atoms with Crippen molar-refractivity contribution < 1.29 is 4.92 Å². The molecule has 1 aromatic carbocycles. The molecule has 0 saturated carbocycles. The van der Waals surface area contributed by atoms with Gasteiger partial charge in [-0.2, -0.15) is 0 Å². The van der Waals surface area contributed by atoms with E-state index in [0.29, 0.717) is 11.5 Å². The summed E-state index contributed by atoms with van der Waals surface area (Å²) in [6.07, 6.45) is 1.65. The van der Waals surface area contributed by atoms with Gasteiger partial charge in [-0.1, -0.05) is 18.2 Å². The first-order valence-corrected chi connectivity index (χ1v) is 5.08. The maximum Gasteiger partial charge on any atom is 0.292 e. The topological polar surface area (TPSA) is 59.3 Å². The van der Waals surface area contributed by atoms with Gasteiger partial charge in [-0.25, -0.2) is 4.98 Å². The van der Waals surface area contributed by atoms with Crippen molar-refractivity contribution in [2.45, 2.75) is 0 Å². The lowest BCUT2D eigenvalue weighted by atomic mass is 10.2. The van der Waals surface area contributed by atoms with Crippen molar-refractivity contribution in [3.63, 3.8) is 0 Å². The molecule has 0 bridgehead atoms. The van der Waals surface area contributed by atoms with Crippen molar-refractivity contribution in [1.82, 2.24) is 4.98 Å². The fraction of sp³-hybridized carbons (Fsp3) is 0.0833. The summed E-state index contributed by atoms with van der Waals surface area (Å²) < 4.78 is 0. The first-order valence-electron chi connectivity index (χ1n) is 5.08. The number of rotatable bonds is 3. The molecule has 0 radical (unpaired) electrons. The largest absolute Gasteiger partial charge is 0.324 e. The summed E-state index contributed by atoms with van der Waals surface area (Å²) in [4.78, 5) is 16.4. The van der Waals surface area contributed by atoms with E-state index in [-0.39, 0.29) is 5.69 Å². The van der Waals surface area contributed by atoms with Crippen LogP contribution in [0.4, 0.5) is 17.2 Å². The molecule has 5 nitrogen and oxygen atoms in total. The number of anilines is 2. The second-order valence-electron chi connectivity index (χ2n) is 3.49. The molecular formula is C12H11N3O2. The molecule has 1 heterocycles. The van der Waals surface area contributed by atoms with Gasteiger partial charge in [0.1, 0.15) is 11.5 Å². The Morgan fingerprint density at radius 3 is 2.53 bits per heavy atom. The molecule has 0 unspecified atom stereocenters. The normalized spacial score (nSPS) is 9.94. The minimum Gasteiger partial charge on any atom is -0.324 e. The molecule has 0 atom stereocenters. The van der Waals surface area contributed by atoms with Gasteiger partial charge in [0.05, 0.1) is 4.92 Å². The van der Waals surface area contributed by atoms with Gasteiger partial charge in [-0.3, -0.25) is 10.1 Å². The standard InChI is InChI=1S/C12H11N3O2/c1-14(12-8-4-5-9-13-12)10-6-2-3-7-11(10)15(16)17/h2-9H,1H3. The Kier molecular flexibility index (Phi) is 3.00. The molecule has 0 saturated heterocycles. The minimum atomic E-state index is -0.394. The molecule has 0 N–H and O–H groups in total. The number of hydrogen-bond donors (Lipinski definition) is 0. The summed E-state index contributed by atoms with van der Waals surface area (Å²) in [7, 11) is 1.75. The van der Waals surface area contributed by atoms with Gasteiger partial charge in [-0.15, -0.1) is 0 Å². The Bertz CT molecular complexity index is 528. The van der Waals surface area contributed by atoms with Gasteiger partial charge >= 0.3 is 0 Å². The van der Waals surface area contributed by atoms with Crippen LogP contribution in [-0.4, -0.2) is 17.0 Å². The number of nitro benzene ring substituents is 1. The monoisotopic (exact) mass is 229 g/mol. The average molecular weight is 229 g/mol. The predicted octanol–water partition coefficient (Wildman–Crippen LogP) is 2.76. The number of para-hydroxylation sites is 2. The summed E-state index contributed by atoms with van der Waals surface area (Å²) in [6, 6.07) is 12.0. The van der Waals surface area contributed by atoms with Gasteiger partial charge in [0, 0.05) is 19.3 Å². The Hall–Kier alpha value is -2.43. The molecule has 0 fully saturated rings. The molecule has 5 heteroatoms. The van der Waals surface area contributed by atoms with Gasteiger partial charge in [0.15, 0.2) is 0 Å². The van der Waals surface area contributed by atoms with Crippen LogP contribution in [0.3, 0.4) is 0 Å². The first kappa shape index (κ1) is 11.1. The number of pyridine rings is 1. The first-order chi connectivity index (χ1) is 8.20. The average Bonchev–Trinajstić information content (AvgIpc) is 2.39. The molecule has 0 aliphatic rings.